The summed E-state index contributed by atoms with van der Waals surface area (Å²) < 4.78 is 0. The van der Waals surface area contributed by atoms with Gasteiger partial charge in [-0.25, -0.2) is 0 Å². The molecule has 1 aliphatic heterocycles. The first-order chi connectivity index (χ1) is 10.3. The third-order valence-corrected chi connectivity index (χ3v) is 3.26. The number of rotatable bonds is 4. The number of benzene rings is 1. The Labute approximate surface area is 125 Å². The van der Waals surface area contributed by atoms with E-state index in [0.717, 1.165) is 17.7 Å². The molecule has 0 saturated carbocycles. The Balaban J connectivity index is 1.91. The predicted octanol–water partition coefficient (Wildman–Crippen LogP) is 2.87. The number of imide groups is 1. The van der Waals surface area contributed by atoms with Crippen LogP contribution in [0.1, 0.15) is 53.3 Å². The van der Waals surface area contributed by atoms with Crippen LogP contribution in [0.15, 0.2) is 24.3 Å². The van der Waals surface area contributed by atoms with Crippen molar-refractivity contribution in [1.82, 2.24) is 4.90 Å². The summed E-state index contributed by atoms with van der Waals surface area (Å²) in [5.74, 6) is 10.7. The Bertz CT molecular complexity index is 633. The van der Waals surface area contributed by atoms with Crippen LogP contribution in [-0.2, 0) is 0 Å². The molecule has 21 heavy (non-hydrogen) atoms. The van der Waals surface area contributed by atoms with Crippen molar-refractivity contribution in [2.75, 3.05) is 6.54 Å². The number of amides is 2. The van der Waals surface area contributed by atoms with Gasteiger partial charge in [0.1, 0.15) is 0 Å². The SMILES string of the molecule is CCCCCC#CC#CCN1C(=O)c2ccccc2C1=O. The first-order valence-electron chi connectivity index (χ1n) is 7.16. The van der Waals surface area contributed by atoms with E-state index in [4.69, 9.17) is 0 Å². The van der Waals surface area contributed by atoms with Gasteiger partial charge in [-0.15, -0.1) is 0 Å². The molecule has 1 aromatic rings. The molecular formula is C18H17NO2. The first-order valence-corrected chi connectivity index (χ1v) is 7.16. The van der Waals surface area contributed by atoms with Crippen molar-refractivity contribution in [3.05, 3.63) is 35.4 Å². The van der Waals surface area contributed by atoms with Gasteiger partial charge in [0.2, 0.25) is 0 Å². The minimum atomic E-state index is -0.277. The molecule has 1 aromatic carbocycles. The summed E-state index contributed by atoms with van der Waals surface area (Å²) in [7, 11) is 0. The zero-order chi connectivity index (χ0) is 15.1. The van der Waals surface area contributed by atoms with E-state index >= 15 is 0 Å². The Kier molecular flexibility index (Phi) is 5.18. The van der Waals surface area contributed by atoms with E-state index in [1.165, 1.54) is 12.8 Å². The summed E-state index contributed by atoms with van der Waals surface area (Å²) >= 11 is 0. The molecular weight excluding hydrogens is 262 g/mol. The van der Waals surface area contributed by atoms with Crippen LogP contribution in [0, 0.1) is 23.7 Å². The minimum absolute atomic E-state index is 0.0932. The van der Waals surface area contributed by atoms with Gasteiger partial charge < -0.3 is 0 Å². The zero-order valence-corrected chi connectivity index (χ0v) is 12.1. The highest BCUT2D eigenvalue weighted by atomic mass is 16.2. The zero-order valence-electron chi connectivity index (χ0n) is 12.1. The molecule has 0 N–H and O–H groups in total. The molecule has 0 bridgehead atoms. The Morgan fingerprint density at radius 2 is 1.57 bits per heavy atom. The molecule has 2 rings (SSSR count). The van der Waals surface area contributed by atoms with E-state index in [-0.39, 0.29) is 18.4 Å². The summed E-state index contributed by atoms with van der Waals surface area (Å²) in [6.07, 6.45) is 4.28. The molecule has 106 valence electrons. The second-order valence-electron chi connectivity index (χ2n) is 4.80. The van der Waals surface area contributed by atoms with E-state index in [1.54, 1.807) is 24.3 Å². The van der Waals surface area contributed by atoms with Gasteiger partial charge in [0.15, 0.2) is 0 Å². The second-order valence-corrected chi connectivity index (χ2v) is 4.80. The fraction of sp³-hybridized carbons (Fsp3) is 0.333. The van der Waals surface area contributed by atoms with Crippen molar-refractivity contribution >= 4 is 11.8 Å². The maximum atomic E-state index is 12.0. The third-order valence-electron chi connectivity index (χ3n) is 3.26. The number of unbranched alkanes of at least 4 members (excludes halogenated alkanes) is 3. The van der Waals surface area contributed by atoms with Crippen molar-refractivity contribution in [3.63, 3.8) is 0 Å². The Morgan fingerprint density at radius 3 is 2.19 bits per heavy atom. The van der Waals surface area contributed by atoms with Gasteiger partial charge in [0.05, 0.1) is 17.7 Å². The molecule has 2 amide bonds. The number of hydrogen-bond acceptors (Lipinski definition) is 2. The Hall–Kier alpha value is -2.52. The van der Waals surface area contributed by atoms with Gasteiger partial charge in [0, 0.05) is 6.42 Å². The maximum Gasteiger partial charge on any atom is 0.262 e. The molecule has 0 unspecified atom stereocenters. The summed E-state index contributed by atoms with van der Waals surface area (Å²) in [4.78, 5) is 25.3. The van der Waals surface area contributed by atoms with Gasteiger partial charge in [-0.1, -0.05) is 43.7 Å². The van der Waals surface area contributed by atoms with Gasteiger partial charge in [-0.3, -0.25) is 14.5 Å². The van der Waals surface area contributed by atoms with Gasteiger partial charge in [0.25, 0.3) is 11.8 Å². The normalized spacial score (nSPS) is 12.3. The smallest absolute Gasteiger partial charge is 0.262 e. The largest absolute Gasteiger partial charge is 0.269 e. The second kappa shape index (κ2) is 7.31. The fourth-order valence-corrected chi connectivity index (χ4v) is 2.12. The van der Waals surface area contributed by atoms with Crippen LogP contribution in [0.4, 0.5) is 0 Å². The highest BCUT2D eigenvalue weighted by molar-refractivity contribution is 6.21. The standard InChI is InChI=1S/C18H17NO2/c1-2-3-4-5-6-7-8-11-14-19-17(20)15-12-9-10-13-16(15)18(19)21/h9-10,12-13H,2-5,14H2,1H3. The Morgan fingerprint density at radius 1 is 0.952 bits per heavy atom. The first kappa shape index (κ1) is 14.9. The lowest BCUT2D eigenvalue weighted by Gasteiger charge is -2.08. The quantitative estimate of drug-likeness (QED) is 0.483. The molecule has 0 radical (unpaired) electrons. The van der Waals surface area contributed by atoms with Crippen LogP contribution in [0.5, 0.6) is 0 Å². The van der Waals surface area contributed by atoms with Crippen molar-refractivity contribution in [2.45, 2.75) is 32.6 Å². The van der Waals surface area contributed by atoms with E-state index in [1.807, 2.05) is 0 Å². The molecule has 1 aliphatic rings. The fourth-order valence-electron chi connectivity index (χ4n) is 2.12. The van der Waals surface area contributed by atoms with Crippen molar-refractivity contribution in [1.29, 1.82) is 0 Å². The average molecular weight is 279 g/mol. The minimum Gasteiger partial charge on any atom is -0.269 e. The average Bonchev–Trinajstić information content (AvgIpc) is 2.75. The highest BCUT2D eigenvalue weighted by Crippen LogP contribution is 2.21. The molecule has 0 fully saturated rings. The van der Waals surface area contributed by atoms with E-state index in [9.17, 15) is 9.59 Å². The molecule has 3 nitrogen and oxygen atoms in total. The van der Waals surface area contributed by atoms with Crippen LogP contribution >= 0.6 is 0 Å². The topological polar surface area (TPSA) is 37.4 Å². The maximum absolute atomic E-state index is 12.0. The molecule has 0 saturated heterocycles. The summed E-state index contributed by atoms with van der Waals surface area (Å²) in [5, 5.41) is 0. The highest BCUT2D eigenvalue weighted by Gasteiger charge is 2.34. The van der Waals surface area contributed by atoms with Gasteiger partial charge in [-0.05, 0) is 30.4 Å². The third kappa shape index (κ3) is 3.52. The summed E-state index contributed by atoms with van der Waals surface area (Å²) in [6, 6.07) is 6.83. The van der Waals surface area contributed by atoms with Crippen LogP contribution in [0.3, 0.4) is 0 Å². The molecule has 0 aliphatic carbocycles. The monoisotopic (exact) mass is 279 g/mol. The number of carbonyl (C=O) groups is 2. The molecule has 3 heteroatoms. The van der Waals surface area contributed by atoms with Crippen LogP contribution in [-0.4, -0.2) is 23.3 Å². The lowest BCUT2D eigenvalue weighted by atomic mass is 10.1. The van der Waals surface area contributed by atoms with Gasteiger partial charge >= 0.3 is 0 Å². The van der Waals surface area contributed by atoms with E-state index in [0.29, 0.717) is 11.1 Å². The predicted molar refractivity (Wildman–Crippen MR) is 81.5 cm³/mol. The number of carbonyl (C=O) groups excluding carboxylic acids is 2. The van der Waals surface area contributed by atoms with E-state index in [2.05, 4.69) is 30.6 Å². The number of nitrogens with zero attached hydrogens (tertiary/aromatic N) is 1. The van der Waals surface area contributed by atoms with Crippen molar-refractivity contribution < 1.29 is 9.59 Å². The molecule has 0 aromatic heterocycles. The number of hydrogen-bond donors (Lipinski definition) is 0. The molecule has 0 atom stereocenters. The van der Waals surface area contributed by atoms with Crippen molar-refractivity contribution in [2.24, 2.45) is 0 Å². The lowest BCUT2D eigenvalue weighted by Crippen LogP contribution is -2.29. The summed E-state index contributed by atoms with van der Waals surface area (Å²) in [5.41, 5.74) is 0.907. The van der Waals surface area contributed by atoms with Crippen LogP contribution in [0.2, 0.25) is 0 Å². The summed E-state index contributed by atoms with van der Waals surface area (Å²) in [6.45, 7) is 2.24. The van der Waals surface area contributed by atoms with Crippen LogP contribution in [0.25, 0.3) is 0 Å². The van der Waals surface area contributed by atoms with Crippen LogP contribution < -0.4 is 0 Å². The molecule has 1 heterocycles. The molecule has 0 spiro atoms. The van der Waals surface area contributed by atoms with Gasteiger partial charge in [-0.2, -0.15) is 0 Å². The number of fused-ring (bicyclic) bond motifs is 1. The van der Waals surface area contributed by atoms with Crippen molar-refractivity contribution in [3.8, 4) is 23.7 Å². The van der Waals surface area contributed by atoms with E-state index < -0.39 is 0 Å². The lowest BCUT2D eigenvalue weighted by molar-refractivity contribution is 0.0675.